The van der Waals surface area contributed by atoms with E-state index in [2.05, 4.69) is 16.8 Å². The van der Waals surface area contributed by atoms with E-state index in [1.165, 1.54) is 70.9 Å². The molecule has 0 bridgehead atoms. The first-order valence-electron chi connectivity index (χ1n) is 10.4. The smallest absolute Gasteiger partial charge is 0.239 e. The Morgan fingerprint density at radius 3 is 2.04 bits per heavy atom. The number of likely N-dealkylation sites (tertiary alicyclic amines) is 2. The summed E-state index contributed by atoms with van der Waals surface area (Å²) in [5.41, 5.74) is 6.27. The Balaban J connectivity index is 1.41. The second-order valence-corrected chi connectivity index (χ2v) is 8.65. The largest absolute Gasteiger partial charge is 0.341 e. The normalized spacial score (nSPS) is 27.3. The minimum Gasteiger partial charge on any atom is -0.341 e. The summed E-state index contributed by atoms with van der Waals surface area (Å²) in [6.07, 6.45) is 12.6. The second kappa shape index (κ2) is 8.66. The third kappa shape index (κ3) is 4.72. The Kier molecular flexibility index (Phi) is 6.56. The SMILES string of the molecule is CN1CCC(C2CCN(C(=O)[C@H](N)CC3CCCCC3)CC2)CC1. The number of carbonyl (C=O) groups excluding carboxylic acids is 1. The molecular formula is C20H37N3O. The molecule has 2 saturated heterocycles. The summed E-state index contributed by atoms with van der Waals surface area (Å²) >= 11 is 0. The minimum atomic E-state index is -0.256. The monoisotopic (exact) mass is 335 g/mol. The molecule has 2 heterocycles. The molecule has 1 aliphatic carbocycles. The van der Waals surface area contributed by atoms with Crippen LogP contribution in [-0.2, 0) is 4.79 Å². The molecule has 1 amide bonds. The lowest BCUT2D eigenvalue weighted by atomic mass is 9.78. The number of nitrogens with zero attached hydrogens (tertiary/aromatic N) is 2. The highest BCUT2D eigenvalue weighted by atomic mass is 16.2. The average Bonchev–Trinajstić information content (AvgIpc) is 2.63. The lowest BCUT2D eigenvalue weighted by Gasteiger charge is -2.40. The molecule has 0 aromatic heterocycles. The van der Waals surface area contributed by atoms with E-state index in [4.69, 9.17) is 5.73 Å². The van der Waals surface area contributed by atoms with Crippen molar-refractivity contribution in [2.75, 3.05) is 33.2 Å². The Morgan fingerprint density at radius 1 is 0.917 bits per heavy atom. The van der Waals surface area contributed by atoms with Crippen LogP contribution < -0.4 is 5.73 Å². The summed E-state index contributed by atoms with van der Waals surface area (Å²) in [6.45, 7) is 4.37. The lowest BCUT2D eigenvalue weighted by Crippen LogP contribution is -2.49. The number of piperidine rings is 2. The molecule has 0 aromatic rings. The number of amides is 1. The predicted molar refractivity (Wildman–Crippen MR) is 98.7 cm³/mol. The highest BCUT2D eigenvalue weighted by molar-refractivity contribution is 5.81. The van der Waals surface area contributed by atoms with Gasteiger partial charge in [-0.25, -0.2) is 0 Å². The Bertz CT molecular complexity index is 392. The summed E-state index contributed by atoms with van der Waals surface area (Å²) in [4.78, 5) is 17.2. The zero-order valence-corrected chi connectivity index (χ0v) is 15.6. The van der Waals surface area contributed by atoms with Gasteiger partial charge >= 0.3 is 0 Å². The molecule has 2 N–H and O–H groups in total. The van der Waals surface area contributed by atoms with Crippen LogP contribution in [0.2, 0.25) is 0 Å². The standard InChI is InChI=1S/C20H37N3O/c1-22-11-7-17(8-12-22)18-9-13-23(14-10-18)20(24)19(21)15-16-5-3-2-4-6-16/h16-19H,2-15,21H2,1H3/t19-/m1/s1. The summed E-state index contributed by atoms with van der Waals surface area (Å²) in [6, 6.07) is -0.256. The summed E-state index contributed by atoms with van der Waals surface area (Å²) in [5.74, 6) is 2.63. The molecule has 0 aromatic carbocycles. The van der Waals surface area contributed by atoms with Gasteiger partial charge in [-0.2, -0.15) is 0 Å². The average molecular weight is 336 g/mol. The van der Waals surface area contributed by atoms with Gasteiger partial charge in [-0.3, -0.25) is 4.79 Å². The third-order valence-electron chi connectivity index (χ3n) is 6.91. The van der Waals surface area contributed by atoms with Gasteiger partial charge in [0.2, 0.25) is 5.91 Å². The maximum atomic E-state index is 12.7. The van der Waals surface area contributed by atoms with Crippen molar-refractivity contribution in [1.29, 1.82) is 0 Å². The van der Waals surface area contributed by atoms with Gasteiger partial charge in [0.05, 0.1) is 6.04 Å². The molecule has 3 aliphatic rings. The number of hydrogen-bond acceptors (Lipinski definition) is 3. The zero-order valence-electron chi connectivity index (χ0n) is 15.6. The highest BCUT2D eigenvalue weighted by Gasteiger charge is 2.32. The van der Waals surface area contributed by atoms with Crippen molar-refractivity contribution in [2.24, 2.45) is 23.5 Å². The fourth-order valence-electron chi connectivity index (χ4n) is 5.21. The van der Waals surface area contributed by atoms with Crippen LogP contribution in [0.25, 0.3) is 0 Å². The van der Waals surface area contributed by atoms with Crippen molar-refractivity contribution in [3.05, 3.63) is 0 Å². The van der Waals surface area contributed by atoms with E-state index in [9.17, 15) is 4.79 Å². The van der Waals surface area contributed by atoms with E-state index < -0.39 is 0 Å². The van der Waals surface area contributed by atoms with Crippen molar-refractivity contribution >= 4 is 5.91 Å². The zero-order chi connectivity index (χ0) is 16.9. The van der Waals surface area contributed by atoms with Gasteiger partial charge in [0.15, 0.2) is 0 Å². The number of carbonyl (C=O) groups is 1. The lowest BCUT2D eigenvalue weighted by molar-refractivity contribution is -0.134. The molecule has 0 spiro atoms. The van der Waals surface area contributed by atoms with Crippen LogP contribution in [0.3, 0.4) is 0 Å². The molecule has 4 nitrogen and oxygen atoms in total. The molecule has 0 unspecified atom stereocenters. The molecule has 3 rings (SSSR count). The molecule has 3 fully saturated rings. The maximum absolute atomic E-state index is 12.7. The van der Waals surface area contributed by atoms with Crippen LogP contribution in [0.4, 0.5) is 0 Å². The molecule has 1 atom stereocenters. The van der Waals surface area contributed by atoms with Crippen LogP contribution in [0.1, 0.15) is 64.2 Å². The summed E-state index contributed by atoms with van der Waals surface area (Å²) in [5, 5.41) is 0. The van der Waals surface area contributed by atoms with E-state index >= 15 is 0 Å². The van der Waals surface area contributed by atoms with Gasteiger partial charge in [0.25, 0.3) is 0 Å². The number of hydrogen-bond donors (Lipinski definition) is 1. The molecular weight excluding hydrogens is 298 g/mol. The Morgan fingerprint density at radius 2 is 1.46 bits per heavy atom. The van der Waals surface area contributed by atoms with E-state index in [-0.39, 0.29) is 11.9 Å². The van der Waals surface area contributed by atoms with E-state index in [0.717, 1.165) is 31.3 Å². The summed E-state index contributed by atoms with van der Waals surface area (Å²) in [7, 11) is 2.23. The van der Waals surface area contributed by atoms with Crippen LogP contribution in [-0.4, -0.2) is 55.0 Å². The maximum Gasteiger partial charge on any atom is 0.239 e. The van der Waals surface area contributed by atoms with E-state index in [0.29, 0.717) is 5.92 Å². The highest BCUT2D eigenvalue weighted by Crippen LogP contribution is 2.33. The van der Waals surface area contributed by atoms with Gasteiger partial charge in [-0.05, 0) is 70.0 Å². The first-order valence-corrected chi connectivity index (χ1v) is 10.4. The summed E-state index contributed by atoms with van der Waals surface area (Å²) < 4.78 is 0. The predicted octanol–water partition coefficient (Wildman–Crippen LogP) is 2.86. The van der Waals surface area contributed by atoms with Crippen molar-refractivity contribution in [3.63, 3.8) is 0 Å². The van der Waals surface area contributed by atoms with Crippen LogP contribution in [0.5, 0.6) is 0 Å². The van der Waals surface area contributed by atoms with Gasteiger partial charge in [0, 0.05) is 13.1 Å². The van der Waals surface area contributed by atoms with Crippen molar-refractivity contribution in [2.45, 2.75) is 70.3 Å². The first kappa shape index (κ1) is 18.2. The quantitative estimate of drug-likeness (QED) is 0.859. The van der Waals surface area contributed by atoms with Crippen LogP contribution in [0.15, 0.2) is 0 Å². The third-order valence-corrected chi connectivity index (χ3v) is 6.91. The topological polar surface area (TPSA) is 49.6 Å². The molecule has 4 heteroatoms. The van der Waals surface area contributed by atoms with Crippen molar-refractivity contribution in [3.8, 4) is 0 Å². The van der Waals surface area contributed by atoms with Gasteiger partial charge in [0.1, 0.15) is 0 Å². The van der Waals surface area contributed by atoms with E-state index in [1.807, 2.05) is 0 Å². The van der Waals surface area contributed by atoms with Crippen molar-refractivity contribution in [1.82, 2.24) is 9.80 Å². The Labute approximate surface area is 148 Å². The minimum absolute atomic E-state index is 0.224. The van der Waals surface area contributed by atoms with Crippen molar-refractivity contribution < 1.29 is 4.79 Å². The fraction of sp³-hybridized carbons (Fsp3) is 0.950. The second-order valence-electron chi connectivity index (χ2n) is 8.65. The Hall–Kier alpha value is -0.610. The van der Waals surface area contributed by atoms with Crippen LogP contribution >= 0.6 is 0 Å². The number of rotatable bonds is 4. The van der Waals surface area contributed by atoms with Gasteiger partial charge in [-0.1, -0.05) is 32.1 Å². The van der Waals surface area contributed by atoms with Gasteiger partial charge in [-0.15, -0.1) is 0 Å². The van der Waals surface area contributed by atoms with Crippen LogP contribution in [0, 0.1) is 17.8 Å². The molecule has 0 radical (unpaired) electrons. The first-order chi connectivity index (χ1) is 11.6. The molecule has 2 aliphatic heterocycles. The van der Waals surface area contributed by atoms with Gasteiger partial charge < -0.3 is 15.5 Å². The molecule has 138 valence electrons. The molecule has 1 saturated carbocycles. The molecule has 24 heavy (non-hydrogen) atoms. The number of nitrogens with two attached hydrogens (primary N) is 1. The fourth-order valence-corrected chi connectivity index (χ4v) is 5.21. The van der Waals surface area contributed by atoms with E-state index in [1.54, 1.807) is 0 Å².